The summed E-state index contributed by atoms with van der Waals surface area (Å²) in [6.07, 6.45) is 5.11. The van der Waals surface area contributed by atoms with Crippen LogP contribution < -0.4 is 0 Å². The van der Waals surface area contributed by atoms with Gasteiger partial charge in [0.05, 0.1) is 5.69 Å². The predicted octanol–water partition coefficient (Wildman–Crippen LogP) is 1.37. The number of fused-ring (bicyclic) bond motifs is 1. The lowest BCUT2D eigenvalue weighted by Gasteiger charge is -2.22. The van der Waals surface area contributed by atoms with Crippen molar-refractivity contribution < 1.29 is 9.90 Å². The van der Waals surface area contributed by atoms with Gasteiger partial charge in [-0.25, -0.2) is 4.79 Å². The van der Waals surface area contributed by atoms with Crippen molar-refractivity contribution in [2.75, 3.05) is 0 Å². The normalized spacial score (nSPS) is 21.5. The molecule has 1 aromatic heterocycles. The first-order valence-electron chi connectivity index (χ1n) is 5.79. The van der Waals surface area contributed by atoms with Crippen LogP contribution in [-0.4, -0.2) is 32.2 Å². The molecule has 5 heteroatoms. The van der Waals surface area contributed by atoms with E-state index in [2.05, 4.69) is 15.1 Å². The van der Waals surface area contributed by atoms with Gasteiger partial charge in [-0.15, -0.1) is 0 Å². The lowest BCUT2D eigenvalue weighted by molar-refractivity contribution is 0.0687. The first kappa shape index (κ1) is 9.84. The molecule has 0 aromatic carbocycles. The van der Waals surface area contributed by atoms with E-state index in [-0.39, 0.29) is 5.69 Å². The van der Waals surface area contributed by atoms with Crippen LogP contribution in [0.4, 0.5) is 0 Å². The van der Waals surface area contributed by atoms with Crippen LogP contribution >= 0.6 is 0 Å². The molecule has 0 spiro atoms. The molecular formula is C11H15N3O2. The van der Waals surface area contributed by atoms with Crippen molar-refractivity contribution >= 4 is 5.97 Å². The average Bonchev–Trinajstić information content (AvgIpc) is 2.92. The van der Waals surface area contributed by atoms with Gasteiger partial charge in [0.25, 0.3) is 0 Å². The van der Waals surface area contributed by atoms with Gasteiger partial charge in [0.15, 0.2) is 5.69 Å². The van der Waals surface area contributed by atoms with E-state index in [1.54, 1.807) is 0 Å². The van der Waals surface area contributed by atoms with Crippen molar-refractivity contribution in [3.63, 3.8) is 0 Å². The fourth-order valence-corrected chi connectivity index (χ4v) is 2.87. The highest BCUT2D eigenvalue weighted by Crippen LogP contribution is 2.31. The number of aromatic carboxylic acids is 1. The number of carboxylic acid groups (broad SMARTS) is 1. The molecule has 3 rings (SSSR count). The van der Waals surface area contributed by atoms with Gasteiger partial charge in [0, 0.05) is 24.7 Å². The molecule has 0 unspecified atom stereocenters. The van der Waals surface area contributed by atoms with Crippen LogP contribution in [0.2, 0.25) is 0 Å². The maximum Gasteiger partial charge on any atom is 0.356 e. The van der Waals surface area contributed by atoms with Gasteiger partial charge in [-0.3, -0.25) is 10.00 Å². The van der Waals surface area contributed by atoms with Gasteiger partial charge < -0.3 is 5.11 Å². The topological polar surface area (TPSA) is 69.2 Å². The van der Waals surface area contributed by atoms with E-state index in [4.69, 9.17) is 5.11 Å². The number of aromatic amines is 1. The largest absolute Gasteiger partial charge is 0.476 e. The zero-order valence-electron chi connectivity index (χ0n) is 9.07. The van der Waals surface area contributed by atoms with Crippen molar-refractivity contribution in [1.29, 1.82) is 0 Å². The third-order valence-electron chi connectivity index (χ3n) is 3.72. The maximum atomic E-state index is 10.9. The van der Waals surface area contributed by atoms with Crippen LogP contribution in [0.3, 0.4) is 0 Å². The van der Waals surface area contributed by atoms with E-state index >= 15 is 0 Å². The summed E-state index contributed by atoms with van der Waals surface area (Å²) in [7, 11) is 0. The Labute approximate surface area is 93.5 Å². The minimum atomic E-state index is -0.925. The molecule has 0 radical (unpaired) electrons. The second-order valence-electron chi connectivity index (χ2n) is 4.68. The molecule has 2 N–H and O–H groups in total. The quantitative estimate of drug-likeness (QED) is 0.791. The zero-order chi connectivity index (χ0) is 11.1. The average molecular weight is 221 g/mol. The molecule has 0 saturated heterocycles. The van der Waals surface area contributed by atoms with E-state index in [0.717, 1.165) is 24.3 Å². The van der Waals surface area contributed by atoms with E-state index in [0.29, 0.717) is 6.04 Å². The standard InChI is InChI=1S/C11H15N3O2/c15-11(16)10-8-5-14(6-9(8)12-13-10)7-3-1-2-4-7/h7H,1-6H2,(H,12,13)(H,15,16). The van der Waals surface area contributed by atoms with Crippen LogP contribution in [-0.2, 0) is 13.1 Å². The molecule has 5 nitrogen and oxygen atoms in total. The van der Waals surface area contributed by atoms with Crippen molar-refractivity contribution in [1.82, 2.24) is 15.1 Å². The molecule has 1 saturated carbocycles. The van der Waals surface area contributed by atoms with Crippen molar-refractivity contribution in [2.24, 2.45) is 0 Å². The molecule has 0 amide bonds. The van der Waals surface area contributed by atoms with E-state index < -0.39 is 5.97 Å². The van der Waals surface area contributed by atoms with E-state index in [1.165, 1.54) is 25.7 Å². The Morgan fingerprint density at radius 1 is 1.38 bits per heavy atom. The lowest BCUT2D eigenvalue weighted by Crippen LogP contribution is -2.28. The lowest BCUT2D eigenvalue weighted by atomic mass is 10.2. The Bertz CT molecular complexity index is 421. The SMILES string of the molecule is O=C(O)c1n[nH]c2c1CN(C1CCCC1)C2. The Kier molecular flexibility index (Phi) is 2.21. The number of carboxylic acids is 1. The minimum absolute atomic E-state index is 0.204. The predicted molar refractivity (Wildman–Crippen MR) is 57.1 cm³/mol. The summed E-state index contributed by atoms with van der Waals surface area (Å²) < 4.78 is 0. The van der Waals surface area contributed by atoms with Crippen molar-refractivity contribution in [2.45, 2.75) is 44.8 Å². The number of carbonyl (C=O) groups is 1. The molecule has 0 bridgehead atoms. The van der Waals surface area contributed by atoms with Gasteiger partial charge in [-0.2, -0.15) is 5.10 Å². The first-order valence-corrected chi connectivity index (χ1v) is 5.79. The van der Waals surface area contributed by atoms with Gasteiger partial charge >= 0.3 is 5.97 Å². The summed E-state index contributed by atoms with van der Waals surface area (Å²) >= 11 is 0. The number of hydrogen-bond acceptors (Lipinski definition) is 3. The Morgan fingerprint density at radius 2 is 2.12 bits per heavy atom. The number of H-pyrrole nitrogens is 1. The van der Waals surface area contributed by atoms with Crippen LogP contribution in [0.15, 0.2) is 0 Å². The number of hydrogen-bond donors (Lipinski definition) is 2. The van der Waals surface area contributed by atoms with Gasteiger partial charge in [0.2, 0.25) is 0 Å². The first-order chi connectivity index (χ1) is 7.75. The summed E-state index contributed by atoms with van der Waals surface area (Å²) in [4.78, 5) is 13.3. The summed E-state index contributed by atoms with van der Waals surface area (Å²) in [5, 5.41) is 15.7. The zero-order valence-corrected chi connectivity index (χ0v) is 9.07. The Balaban J connectivity index is 1.81. The molecule has 2 heterocycles. The maximum absolute atomic E-state index is 10.9. The second kappa shape index (κ2) is 3.59. The second-order valence-corrected chi connectivity index (χ2v) is 4.68. The molecular weight excluding hydrogens is 206 g/mol. The molecule has 0 atom stereocenters. The van der Waals surface area contributed by atoms with Crippen molar-refractivity contribution in [3.05, 3.63) is 17.0 Å². The third-order valence-corrected chi connectivity index (χ3v) is 3.72. The highest BCUT2D eigenvalue weighted by molar-refractivity contribution is 5.87. The van der Waals surface area contributed by atoms with Gasteiger partial charge in [-0.05, 0) is 12.8 Å². The Morgan fingerprint density at radius 3 is 2.81 bits per heavy atom. The van der Waals surface area contributed by atoms with Gasteiger partial charge in [0.1, 0.15) is 0 Å². The highest BCUT2D eigenvalue weighted by Gasteiger charge is 2.32. The fraction of sp³-hybridized carbons (Fsp3) is 0.636. The Hall–Kier alpha value is -1.36. The summed E-state index contributed by atoms with van der Waals surface area (Å²) in [5.74, 6) is -0.925. The van der Waals surface area contributed by atoms with E-state index in [1.807, 2.05) is 0 Å². The number of rotatable bonds is 2. The van der Waals surface area contributed by atoms with E-state index in [9.17, 15) is 4.79 Å². The van der Waals surface area contributed by atoms with Crippen molar-refractivity contribution in [3.8, 4) is 0 Å². The fourth-order valence-electron chi connectivity index (χ4n) is 2.87. The van der Waals surface area contributed by atoms with Crippen LogP contribution in [0, 0.1) is 0 Å². The van der Waals surface area contributed by atoms with Crippen LogP contribution in [0.1, 0.15) is 47.4 Å². The van der Waals surface area contributed by atoms with Crippen LogP contribution in [0.25, 0.3) is 0 Å². The minimum Gasteiger partial charge on any atom is -0.476 e. The summed E-state index contributed by atoms with van der Waals surface area (Å²) in [6, 6.07) is 0.641. The molecule has 1 aromatic rings. The molecule has 1 fully saturated rings. The number of nitrogens with zero attached hydrogens (tertiary/aromatic N) is 2. The number of nitrogens with one attached hydrogen (secondary N) is 1. The smallest absolute Gasteiger partial charge is 0.356 e. The summed E-state index contributed by atoms with van der Waals surface area (Å²) in [6.45, 7) is 1.58. The summed E-state index contributed by atoms with van der Waals surface area (Å²) in [5.41, 5.74) is 2.08. The number of aromatic nitrogens is 2. The highest BCUT2D eigenvalue weighted by atomic mass is 16.4. The monoisotopic (exact) mass is 221 g/mol. The molecule has 16 heavy (non-hydrogen) atoms. The molecule has 86 valence electrons. The molecule has 2 aliphatic rings. The molecule has 1 aliphatic heterocycles. The molecule has 1 aliphatic carbocycles. The van der Waals surface area contributed by atoms with Gasteiger partial charge in [-0.1, -0.05) is 12.8 Å². The third kappa shape index (κ3) is 1.43. The van der Waals surface area contributed by atoms with Crippen LogP contribution in [0.5, 0.6) is 0 Å².